The van der Waals surface area contributed by atoms with E-state index in [1.54, 1.807) is 22.9 Å². The lowest BCUT2D eigenvalue weighted by molar-refractivity contribution is 0.303. The lowest BCUT2D eigenvalue weighted by atomic mass is 10.2. The summed E-state index contributed by atoms with van der Waals surface area (Å²) >= 11 is 11.4. The van der Waals surface area contributed by atoms with Gasteiger partial charge in [-0.15, -0.1) is 0 Å². The summed E-state index contributed by atoms with van der Waals surface area (Å²) < 4.78 is 21.1. The third kappa shape index (κ3) is 4.42. The van der Waals surface area contributed by atoms with Crippen molar-refractivity contribution in [3.63, 3.8) is 0 Å². The molecule has 0 aliphatic carbocycles. The van der Waals surface area contributed by atoms with E-state index in [4.69, 9.17) is 28.6 Å². The lowest BCUT2D eigenvalue weighted by Crippen LogP contribution is -2.17. The highest BCUT2D eigenvalue weighted by atomic mass is 35.5. The van der Waals surface area contributed by atoms with Gasteiger partial charge in [-0.3, -0.25) is 5.10 Å². The van der Waals surface area contributed by atoms with Gasteiger partial charge in [-0.25, -0.2) is 9.07 Å². The number of nitrogens with zero attached hydrogens (tertiary/aromatic N) is 2. The first kappa shape index (κ1) is 18.4. The molecule has 0 amide bonds. The zero-order valence-electron chi connectivity index (χ0n) is 14.1. The Hall–Kier alpha value is -2.38. The second-order valence-corrected chi connectivity index (χ2v) is 6.46. The van der Waals surface area contributed by atoms with Crippen molar-refractivity contribution in [2.24, 2.45) is 0 Å². The molecule has 0 radical (unpaired) electrons. The Morgan fingerprint density at radius 2 is 2.04 bits per heavy atom. The fourth-order valence-corrected chi connectivity index (χ4v) is 2.87. The van der Waals surface area contributed by atoms with E-state index in [0.717, 1.165) is 23.4 Å². The SMILES string of the molecule is CCc1n[nH]c(=S)n1NCc1cc(Cl)ccc1OCc1ccc(F)cc1. The molecular formula is C18H18ClFN4OS. The summed E-state index contributed by atoms with van der Waals surface area (Å²) in [5.74, 6) is 1.24. The van der Waals surface area contributed by atoms with Gasteiger partial charge < -0.3 is 10.2 Å². The van der Waals surface area contributed by atoms with E-state index in [2.05, 4.69) is 15.6 Å². The lowest BCUT2D eigenvalue weighted by Gasteiger charge is -2.14. The van der Waals surface area contributed by atoms with Gasteiger partial charge in [-0.1, -0.05) is 30.7 Å². The van der Waals surface area contributed by atoms with E-state index in [0.29, 0.717) is 28.7 Å². The number of nitrogens with one attached hydrogen (secondary N) is 2. The topological polar surface area (TPSA) is 54.9 Å². The van der Waals surface area contributed by atoms with E-state index >= 15 is 0 Å². The van der Waals surface area contributed by atoms with E-state index in [1.165, 1.54) is 12.1 Å². The molecule has 3 rings (SSSR count). The molecule has 0 saturated heterocycles. The van der Waals surface area contributed by atoms with Crippen LogP contribution in [0.1, 0.15) is 23.9 Å². The average molecular weight is 393 g/mol. The van der Waals surface area contributed by atoms with Crippen molar-refractivity contribution in [3.05, 3.63) is 75.0 Å². The number of ether oxygens (including phenoxy) is 1. The minimum Gasteiger partial charge on any atom is -0.489 e. The van der Waals surface area contributed by atoms with Crippen LogP contribution < -0.4 is 10.2 Å². The van der Waals surface area contributed by atoms with Crippen LogP contribution >= 0.6 is 23.8 Å². The second-order valence-electron chi connectivity index (χ2n) is 5.64. The van der Waals surface area contributed by atoms with E-state index in [1.807, 2.05) is 19.1 Å². The monoisotopic (exact) mass is 392 g/mol. The number of halogens is 2. The van der Waals surface area contributed by atoms with Crippen LogP contribution in [0.5, 0.6) is 5.75 Å². The van der Waals surface area contributed by atoms with Crippen LogP contribution in [0.25, 0.3) is 0 Å². The standard InChI is InChI=1S/C18H18ClFN4OS/c1-2-17-22-23-18(26)24(17)21-10-13-9-14(19)5-8-16(13)25-11-12-3-6-15(20)7-4-12/h3-9,21H,2,10-11H2,1H3,(H,23,26). The molecule has 0 aliphatic heterocycles. The van der Waals surface area contributed by atoms with Crippen LogP contribution in [0.2, 0.25) is 5.02 Å². The normalized spacial score (nSPS) is 10.7. The number of H-pyrrole nitrogens is 1. The highest BCUT2D eigenvalue weighted by Crippen LogP contribution is 2.24. The minimum atomic E-state index is -0.270. The van der Waals surface area contributed by atoms with Crippen molar-refractivity contribution in [1.82, 2.24) is 14.9 Å². The van der Waals surface area contributed by atoms with Gasteiger partial charge in [-0.2, -0.15) is 5.10 Å². The largest absolute Gasteiger partial charge is 0.489 e. The van der Waals surface area contributed by atoms with Crippen molar-refractivity contribution >= 4 is 23.8 Å². The third-order valence-electron chi connectivity index (χ3n) is 3.82. The van der Waals surface area contributed by atoms with Gasteiger partial charge in [0.25, 0.3) is 0 Å². The molecule has 0 bridgehead atoms. The third-order valence-corrected chi connectivity index (χ3v) is 4.32. The van der Waals surface area contributed by atoms with Gasteiger partial charge in [-0.05, 0) is 48.1 Å². The summed E-state index contributed by atoms with van der Waals surface area (Å²) in [6, 6.07) is 11.6. The summed E-state index contributed by atoms with van der Waals surface area (Å²) in [7, 11) is 0. The van der Waals surface area contributed by atoms with Crippen molar-refractivity contribution in [1.29, 1.82) is 0 Å². The van der Waals surface area contributed by atoms with Crippen molar-refractivity contribution in [3.8, 4) is 5.75 Å². The first-order valence-corrected chi connectivity index (χ1v) is 8.91. The smallest absolute Gasteiger partial charge is 0.214 e. The predicted molar refractivity (Wildman–Crippen MR) is 102 cm³/mol. The fourth-order valence-electron chi connectivity index (χ4n) is 2.46. The Bertz CT molecular complexity index is 939. The zero-order chi connectivity index (χ0) is 18.5. The Balaban J connectivity index is 1.74. The summed E-state index contributed by atoms with van der Waals surface area (Å²) in [6.07, 6.45) is 0.740. The van der Waals surface area contributed by atoms with Crippen molar-refractivity contribution < 1.29 is 9.13 Å². The molecule has 26 heavy (non-hydrogen) atoms. The fraction of sp³-hybridized carbons (Fsp3) is 0.222. The Kier molecular flexibility index (Phi) is 5.90. The van der Waals surface area contributed by atoms with Crippen LogP contribution in [0, 0.1) is 10.6 Å². The Morgan fingerprint density at radius 3 is 2.77 bits per heavy atom. The highest BCUT2D eigenvalue weighted by Gasteiger charge is 2.08. The summed E-state index contributed by atoms with van der Waals surface area (Å²) in [6.45, 7) is 2.79. The summed E-state index contributed by atoms with van der Waals surface area (Å²) in [4.78, 5) is 0. The first-order chi connectivity index (χ1) is 12.6. The Morgan fingerprint density at radius 1 is 1.27 bits per heavy atom. The molecule has 2 N–H and O–H groups in total. The first-order valence-electron chi connectivity index (χ1n) is 8.12. The minimum absolute atomic E-state index is 0.270. The average Bonchev–Trinajstić information content (AvgIpc) is 3.00. The van der Waals surface area contributed by atoms with Gasteiger partial charge >= 0.3 is 0 Å². The van der Waals surface area contributed by atoms with Crippen LogP contribution in [0.15, 0.2) is 42.5 Å². The quantitative estimate of drug-likeness (QED) is 0.576. The number of rotatable bonds is 7. The van der Waals surface area contributed by atoms with E-state index in [-0.39, 0.29) is 5.82 Å². The molecule has 0 saturated carbocycles. The number of hydrogen-bond acceptors (Lipinski definition) is 4. The number of benzene rings is 2. The molecule has 0 spiro atoms. The molecule has 1 heterocycles. The number of aromatic amines is 1. The van der Waals surface area contributed by atoms with Crippen LogP contribution in [-0.4, -0.2) is 14.9 Å². The number of hydrogen-bond donors (Lipinski definition) is 2. The van der Waals surface area contributed by atoms with Crippen LogP contribution in [0.4, 0.5) is 4.39 Å². The van der Waals surface area contributed by atoms with Crippen LogP contribution in [0.3, 0.4) is 0 Å². The van der Waals surface area contributed by atoms with Crippen LogP contribution in [-0.2, 0) is 19.6 Å². The highest BCUT2D eigenvalue weighted by molar-refractivity contribution is 7.71. The maximum absolute atomic E-state index is 13.0. The molecule has 5 nitrogen and oxygen atoms in total. The number of aryl methyl sites for hydroxylation is 1. The summed E-state index contributed by atoms with van der Waals surface area (Å²) in [5, 5.41) is 7.55. The molecule has 0 unspecified atom stereocenters. The molecule has 0 fully saturated rings. The molecule has 0 aliphatic rings. The predicted octanol–water partition coefficient (Wildman–Crippen LogP) is 4.62. The van der Waals surface area contributed by atoms with Gasteiger partial charge in [0.2, 0.25) is 4.77 Å². The molecular weight excluding hydrogens is 375 g/mol. The van der Waals surface area contributed by atoms with Gasteiger partial charge in [0.05, 0.1) is 6.54 Å². The molecule has 1 aromatic heterocycles. The van der Waals surface area contributed by atoms with Gasteiger partial charge in [0.1, 0.15) is 18.2 Å². The molecule has 2 aromatic carbocycles. The van der Waals surface area contributed by atoms with Crippen molar-refractivity contribution in [2.75, 3.05) is 5.43 Å². The van der Waals surface area contributed by atoms with Gasteiger partial charge in [0, 0.05) is 17.0 Å². The molecule has 8 heteroatoms. The zero-order valence-corrected chi connectivity index (χ0v) is 15.7. The molecule has 0 atom stereocenters. The van der Waals surface area contributed by atoms with Gasteiger partial charge in [0.15, 0.2) is 5.82 Å². The summed E-state index contributed by atoms with van der Waals surface area (Å²) in [5.41, 5.74) is 4.99. The van der Waals surface area contributed by atoms with E-state index < -0.39 is 0 Å². The van der Waals surface area contributed by atoms with E-state index in [9.17, 15) is 4.39 Å². The maximum atomic E-state index is 13.0. The Labute approximate surface area is 160 Å². The number of aromatic nitrogens is 3. The molecule has 3 aromatic rings. The maximum Gasteiger partial charge on any atom is 0.214 e. The molecule has 136 valence electrons. The second kappa shape index (κ2) is 8.33. The van der Waals surface area contributed by atoms with Crippen molar-refractivity contribution in [2.45, 2.75) is 26.5 Å².